The summed E-state index contributed by atoms with van der Waals surface area (Å²) in [5.74, 6) is 2.01. The summed E-state index contributed by atoms with van der Waals surface area (Å²) >= 11 is 0. The Morgan fingerprint density at radius 3 is 2.12 bits per heavy atom. The van der Waals surface area contributed by atoms with Crippen LogP contribution in [-0.2, 0) is 10.2 Å². The first-order valence-corrected chi connectivity index (χ1v) is 7.81. The highest BCUT2D eigenvalue weighted by Crippen LogP contribution is 2.49. The molecule has 1 amide bonds. The van der Waals surface area contributed by atoms with Gasteiger partial charge in [0.05, 0.1) is 26.7 Å². The lowest BCUT2D eigenvalue weighted by atomic mass is 9.94. The third-order valence-corrected chi connectivity index (χ3v) is 4.47. The maximum Gasteiger partial charge on any atom is 0.235 e. The third-order valence-electron chi connectivity index (χ3n) is 4.47. The molecule has 1 N–H and O–H groups in total. The van der Waals surface area contributed by atoms with Crippen molar-refractivity contribution in [2.45, 2.75) is 18.3 Å². The molecule has 0 spiro atoms. The van der Waals surface area contributed by atoms with Crippen molar-refractivity contribution in [1.29, 1.82) is 0 Å². The Labute approximate surface area is 141 Å². The van der Waals surface area contributed by atoms with Gasteiger partial charge in [0.15, 0.2) is 11.5 Å². The van der Waals surface area contributed by atoms with Crippen LogP contribution in [-0.4, -0.2) is 27.2 Å². The molecule has 0 unspecified atom stereocenters. The van der Waals surface area contributed by atoms with Crippen molar-refractivity contribution < 1.29 is 19.0 Å². The summed E-state index contributed by atoms with van der Waals surface area (Å²) in [5, 5.41) is 2.99. The number of methoxy groups -OCH3 is 3. The number of carbonyl (C=O) groups is 1. The van der Waals surface area contributed by atoms with Gasteiger partial charge in [0.25, 0.3) is 0 Å². The fraction of sp³-hybridized carbons (Fsp3) is 0.316. The predicted octanol–water partition coefficient (Wildman–Crippen LogP) is 3.38. The van der Waals surface area contributed by atoms with Gasteiger partial charge in [-0.1, -0.05) is 12.1 Å². The molecule has 3 rings (SSSR count). The number of hydrogen-bond donors (Lipinski definition) is 1. The minimum absolute atomic E-state index is 0.000105. The first-order chi connectivity index (χ1) is 11.6. The predicted molar refractivity (Wildman–Crippen MR) is 92.1 cm³/mol. The van der Waals surface area contributed by atoms with Gasteiger partial charge >= 0.3 is 0 Å². The van der Waals surface area contributed by atoms with Crippen molar-refractivity contribution in [1.82, 2.24) is 0 Å². The van der Waals surface area contributed by atoms with E-state index in [0.29, 0.717) is 17.2 Å². The van der Waals surface area contributed by atoms with Crippen molar-refractivity contribution in [3.63, 3.8) is 0 Å². The van der Waals surface area contributed by atoms with E-state index in [4.69, 9.17) is 14.2 Å². The summed E-state index contributed by atoms with van der Waals surface area (Å²) in [6, 6.07) is 13.0. The SMILES string of the molecule is COc1ccc(C2(C(=O)Nc3ccc(OC)c(OC)c3)CC2)cc1. The van der Waals surface area contributed by atoms with Gasteiger partial charge in [0, 0.05) is 11.8 Å². The number of ether oxygens (including phenoxy) is 3. The molecule has 0 bridgehead atoms. The second-order valence-corrected chi connectivity index (χ2v) is 5.83. The van der Waals surface area contributed by atoms with Crippen LogP contribution in [0.1, 0.15) is 18.4 Å². The number of anilines is 1. The Balaban J connectivity index is 1.79. The molecule has 0 aromatic heterocycles. The first kappa shape index (κ1) is 16.2. The zero-order valence-electron chi connectivity index (χ0n) is 14.1. The average molecular weight is 327 g/mol. The molecular weight excluding hydrogens is 306 g/mol. The highest BCUT2D eigenvalue weighted by molar-refractivity contribution is 6.01. The molecule has 24 heavy (non-hydrogen) atoms. The van der Waals surface area contributed by atoms with Gasteiger partial charge in [0.2, 0.25) is 5.91 Å². The molecule has 1 aliphatic rings. The summed E-state index contributed by atoms with van der Waals surface area (Å²) in [7, 11) is 4.79. The van der Waals surface area contributed by atoms with Crippen LogP contribution in [0.25, 0.3) is 0 Å². The molecule has 1 fully saturated rings. The van der Waals surface area contributed by atoms with Gasteiger partial charge in [-0.25, -0.2) is 0 Å². The van der Waals surface area contributed by atoms with E-state index in [1.807, 2.05) is 30.3 Å². The van der Waals surface area contributed by atoms with Crippen molar-refractivity contribution in [3.8, 4) is 17.2 Å². The second-order valence-electron chi connectivity index (χ2n) is 5.83. The van der Waals surface area contributed by atoms with Gasteiger partial charge in [-0.2, -0.15) is 0 Å². The number of benzene rings is 2. The maximum absolute atomic E-state index is 12.8. The fourth-order valence-electron chi connectivity index (χ4n) is 2.85. The summed E-state index contributed by atoms with van der Waals surface area (Å²) in [6.45, 7) is 0. The number of amides is 1. The summed E-state index contributed by atoms with van der Waals surface area (Å²) in [5.41, 5.74) is 1.26. The van der Waals surface area contributed by atoms with Crippen LogP contribution in [0.15, 0.2) is 42.5 Å². The van der Waals surface area contributed by atoms with Crippen LogP contribution in [0.5, 0.6) is 17.2 Å². The maximum atomic E-state index is 12.8. The van der Waals surface area contributed by atoms with Crippen molar-refractivity contribution >= 4 is 11.6 Å². The minimum Gasteiger partial charge on any atom is -0.497 e. The van der Waals surface area contributed by atoms with E-state index < -0.39 is 5.41 Å². The molecule has 126 valence electrons. The van der Waals surface area contributed by atoms with Gasteiger partial charge in [-0.3, -0.25) is 4.79 Å². The standard InChI is InChI=1S/C19H21NO4/c1-22-15-7-4-13(5-8-15)19(10-11-19)18(21)20-14-6-9-16(23-2)17(12-14)24-3/h4-9,12H,10-11H2,1-3H3,(H,20,21). The molecule has 5 nitrogen and oxygen atoms in total. The minimum atomic E-state index is -0.445. The Hall–Kier alpha value is -2.69. The van der Waals surface area contributed by atoms with E-state index in [-0.39, 0.29) is 5.91 Å². The smallest absolute Gasteiger partial charge is 0.235 e. The Morgan fingerprint density at radius 2 is 1.58 bits per heavy atom. The number of rotatable bonds is 6. The van der Waals surface area contributed by atoms with Crippen molar-refractivity contribution in [3.05, 3.63) is 48.0 Å². The number of nitrogens with one attached hydrogen (secondary N) is 1. The van der Waals surface area contributed by atoms with E-state index >= 15 is 0 Å². The molecule has 2 aromatic carbocycles. The lowest BCUT2D eigenvalue weighted by Crippen LogP contribution is -2.27. The Bertz CT molecular complexity index is 736. The highest BCUT2D eigenvalue weighted by Gasteiger charge is 2.51. The Kier molecular flexibility index (Phi) is 4.34. The van der Waals surface area contributed by atoms with Crippen LogP contribution >= 0.6 is 0 Å². The monoisotopic (exact) mass is 327 g/mol. The zero-order chi connectivity index (χ0) is 17.2. The molecule has 0 aliphatic heterocycles. The lowest BCUT2D eigenvalue weighted by molar-refractivity contribution is -0.118. The normalized spacial score (nSPS) is 14.6. The molecule has 5 heteroatoms. The summed E-state index contributed by atoms with van der Waals surface area (Å²) in [6.07, 6.45) is 1.69. The van der Waals surface area contributed by atoms with Crippen molar-refractivity contribution in [2.24, 2.45) is 0 Å². The van der Waals surface area contributed by atoms with E-state index in [9.17, 15) is 4.79 Å². The average Bonchev–Trinajstić information content (AvgIpc) is 3.43. The molecule has 0 atom stereocenters. The molecular formula is C19H21NO4. The van der Waals surface area contributed by atoms with E-state index in [0.717, 1.165) is 24.2 Å². The molecule has 2 aromatic rings. The summed E-state index contributed by atoms with van der Waals surface area (Å²) < 4.78 is 15.7. The largest absolute Gasteiger partial charge is 0.497 e. The van der Waals surface area contributed by atoms with Gasteiger partial charge in [0.1, 0.15) is 5.75 Å². The van der Waals surface area contributed by atoms with Gasteiger partial charge in [-0.15, -0.1) is 0 Å². The molecule has 1 saturated carbocycles. The number of carbonyl (C=O) groups excluding carboxylic acids is 1. The van der Waals surface area contributed by atoms with Gasteiger partial charge in [-0.05, 0) is 42.7 Å². The molecule has 0 radical (unpaired) electrons. The Morgan fingerprint density at radius 1 is 0.917 bits per heavy atom. The van der Waals surface area contributed by atoms with Crippen LogP contribution in [0, 0.1) is 0 Å². The van der Waals surface area contributed by atoms with Crippen molar-refractivity contribution in [2.75, 3.05) is 26.6 Å². The highest BCUT2D eigenvalue weighted by atomic mass is 16.5. The van der Waals surface area contributed by atoms with Crippen LogP contribution in [0.3, 0.4) is 0 Å². The van der Waals surface area contributed by atoms with Crippen LogP contribution < -0.4 is 19.5 Å². The van der Waals surface area contributed by atoms with E-state index in [2.05, 4.69) is 5.32 Å². The first-order valence-electron chi connectivity index (χ1n) is 7.81. The quantitative estimate of drug-likeness (QED) is 0.884. The van der Waals surface area contributed by atoms with Gasteiger partial charge < -0.3 is 19.5 Å². The zero-order valence-corrected chi connectivity index (χ0v) is 14.1. The molecule has 0 heterocycles. The number of hydrogen-bond acceptors (Lipinski definition) is 4. The second kappa shape index (κ2) is 6.43. The summed E-state index contributed by atoms with van der Waals surface area (Å²) in [4.78, 5) is 12.8. The lowest BCUT2D eigenvalue weighted by Gasteiger charge is -2.17. The van der Waals surface area contributed by atoms with E-state index in [1.54, 1.807) is 33.5 Å². The third kappa shape index (κ3) is 2.89. The molecule has 0 saturated heterocycles. The van der Waals surface area contributed by atoms with Crippen LogP contribution in [0.4, 0.5) is 5.69 Å². The van der Waals surface area contributed by atoms with E-state index in [1.165, 1.54) is 0 Å². The topological polar surface area (TPSA) is 56.8 Å². The fourth-order valence-corrected chi connectivity index (χ4v) is 2.85. The molecule has 1 aliphatic carbocycles. The van der Waals surface area contributed by atoms with Crippen LogP contribution in [0.2, 0.25) is 0 Å².